The van der Waals surface area contributed by atoms with Crippen molar-refractivity contribution in [2.24, 2.45) is 0 Å². The smallest absolute Gasteiger partial charge is 0.240 e. The Hall–Kier alpha value is -2.18. The van der Waals surface area contributed by atoms with Crippen molar-refractivity contribution in [1.29, 1.82) is 0 Å². The molecule has 0 bridgehead atoms. The number of rotatable bonds is 4. The maximum absolute atomic E-state index is 12.5. The first-order chi connectivity index (χ1) is 11.4. The largest absolute Gasteiger partial charge is 0.309 e. The van der Waals surface area contributed by atoms with Crippen LogP contribution in [0.3, 0.4) is 0 Å². The summed E-state index contributed by atoms with van der Waals surface area (Å²) >= 11 is 0. The molecule has 24 heavy (non-hydrogen) atoms. The molecule has 1 atom stereocenters. The monoisotopic (exact) mass is 344 g/mol. The molecule has 1 heterocycles. The third-order valence-corrected chi connectivity index (χ3v) is 5.62. The molecule has 0 unspecified atom stereocenters. The number of carbonyl (C=O) groups excluding carboxylic acids is 1. The molecule has 1 aliphatic heterocycles. The van der Waals surface area contributed by atoms with Gasteiger partial charge in [-0.2, -0.15) is 0 Å². The number of carbonyl (C=O) groups is 1. The van der Waals surface area contributed by atoms with E-state index in [2.05, 4.69) is 4.72 Å². The van der Waals surface area contributed by atoms with E-state index in [4.69, 9.17) is 0 Å². The zero-order chi connectivity index (χ0) is 17.3. The molecule has 1 amide bonds. The highest BCUT2D eigenvalue weighted by atomic mass is 32.2. The Labute approximate surface area is 142 Å². The summed E-state index contributed by atoms with van der Waals surface area (Å²) in [7, 11) is -3.59. The summed E-state index contributed by atoms with van der Waals surface area (Å²) in [5.41, 5.74) is 2.59. The number of nitrogens with zero attached hydrogens (tertiary/aromatic N) is 1. The fourth-order valence-electron chi connectivity index (χ4n) is 3.11. The molecule has 1 aliphatic rings. The lowest BCUT2D eigenvalue weighted by atomic mass is 10.1. The summed E-state index contributed by atoms with van der Waals surface area (Å²) in [5, 5.41) is 0. The van der Waals surface area contributed by atoms with Gasteiger partial charge in [-0.05, 0) is 42.7 Å². The molecule has 2 aromatic rings. The second kappa shape index (κ2) is 6.37. The van der Waals surface area contributed by atoms with Crippen LogP contribution in [0.5, 0.6) is 0 Å². The molecular weight excluding hydrogens is 324 g/mol. The molecule has 0 saturated heterocycles. The highest BCUT2D eigenvalue weighted by Crippen LogP contribution is 2.33. The van der Waals surface area contributed by atoms with Gasteiger partial charge in [0.05, 0.1) is 4.90 Å². The Morgan fingerprint density at radius 2 is 1.92 bits per heavy atom. The van der Waals surface area contributed by atoms with Crippen molar-refractivity contribution in [2.75, 3.05) is 4.90 Å². The van der Waals surface area contributed by atoms with Gasteiger partial charge < -0.3 is 4.90 Å². The van der Waals surface area contributed by atoms with Crippen LogP contribution in [0.1, 0.15) is 25.0 Å². The predicted molar refractivity (Wildman–Crippen MR) is 93.2 cm³/mol. The Balaban J connectivity index is 1.83. The first-order valence-corrected chi connectivity index (χ1v) is 9.33. The van der Waals surface area contributed by atoms with Crippen LogP contribution in [-0.2, 0) is 27.8 Å². The van der Waals surface area contributed by atoms with Gasteiger partial charge in [-0.3, -0.25) is 4.79 Å². The van der Waals surface area contributed by atoms with E-state index in [9.17, 15) is 13.2 Å². The minimum atomic E-state index is -3.59. The molecule has 6 heteroatoms. The van der Waals surface area contributed by atoms with E-state index in [1.807, 2.05) is 37.3 Å². The molecule has 0 aromatic heterocycles. The normalized spacial score (nSPS) is 16.9. The van der Waals surface area contributed by atoms with Gasteiger partial charge in [0.1, 0.15) is 0 Å². The number of hydrogen-bond donors (Lipinski definition) is 1. The SMILES string of the molecule is CC(=O)N1c2ccc(S(=O)(=O)NCc3ccccc3)cc2C[C@@H]1C. The third kappa shape index (κ3) is 3.20. The Kier molecular flexibility index (Phi) is 4.43. The molecule has 0 saturated carbocycles. The number of sulfonamides is 1. The van der Waals surface area contributed by atoms with Crippen LogP contribution in [0.4, 0.5) is 5.69 Å². The zero-order valence-electron chi connectivity index (χ0n) is 13.7. The van der Waals surface area contributed by atoms with E-state index >= 15 is 0 Å². The standard InChI is InChI=1S/C18H20N2O3S/c1-13-10-16-11-17(8-9-18(16)20(13)14(2)21)24(22,23)19-12-15-6-4-3-5-7-15/h3-9,11,13,19H,10,12H2,1-2H3/t13-/m0/s1. The summed E-state index contributed by atoms with van der Waals surface area (Å²) in [4.78, 5) is 13.7. The van der Waals surface area contributed by atoms with Crippen molar-refractivity contribution in [3.8, 4) is 0 Å². The number of benzene rings is 2. The lowest BCUT2D eigenvalue weighted by Gasteiger charge is -2.20. The van der Waals surface area contributed by atoms with E-state index in [1.54, 1.807) is 23.1 Å². The molecular formula is C18H20N2O3S. The molecule has 126 valence electrons. The number of amides is 1. The molecule has 5 nitrogen and oxygen atoms in total. The van der Waals surface area contributed by atoms with Crippen LogP contribution in [0.25, 0.3) is 0 Å². The average molecular weight is 344 g/mol. The molecule has 1 N–H and O–H groups in total. The van der Waals surface area contributed by atoms with E-state index < -0.39 is 10.0 Å². The molecule has 0 fully saturated rings. The third-order valence-electron chi connectivity index (χ3n) is 4.23. The maximum Gasteiger partial charge on any atom is 0.240 e. The predicted octanol–water partition coefficient (Wildman–Crippen LogP) is 2.46. The van der Waals surface area contributed by atoms with Crippen molar-refractivity contribution in [2.45, 2.75) is 37.8 Å². The van der Waals surface area contributed by atoms with Gasteiger partial charge in [-0.15, -0.1) is 0 Å². The van der Waals surface area contributed by atoms with Crippen LogP contribution in [0.2, 0.25) is 0 Å². The van der Waals surface area contributed by atoms with Gasteiger partial charge >= 0.3 is 0 Å². The summed E-state index contributed by atoms with van der Waals surface area (Å²) in [6.07, 6.45) is 0.664. The maximum atomic E-state index is 12.5. The van der Waals surface area contributed by atoms with Gasteiger partial charge in [0.2, 0.25) is 15.9 Å². The summed E-state index contributed by atoms with van der Waals surface area (Å²) < 4.78 is 27.6. The Morgan fingerprint density at radius 1 is 1.21 bits per heavy atom. The van der Waals surface area contributed by atoms with Gasteiger partial charge in [0, 0.05) is 25.2 Å². The van der Waals surface area contributed by atoms with E-state index in [1.165, 1.54) is 6.92 Å². The highest BCUT2D eigenvalue weighted by molar-refractivity contribution is 7.89. The number of fused-ring (bicyclic) bond motifs is 1. The van der Waals surface area contributed by atoms with Crippen LogP contribution >= 0.6 is 0 Å². The first kappa shape index (κ1) is 16.7. The van der Waals surface area contributed by atoms with Gasteiger partial charge in [0.25, 0.3) is 0 Å². The molecule has 2 aromatic carbocycles. The van der Waals surface area contributed by atoms with Crippen molar-refractivity contribution in [3.63, 3.8) is 0 Å². The van der Waals surface area contributed by atoms with Gasteiger partial charge in [-0.1, -0.05) is 30.3 Å². The molecule has 0 aliphatic carbocycles. The molecule has 0 spiro atoms. The Bertz CT molecular complexity index is 863. The van der Waals surface area contributed by atoms with E-state index in [0.717, 1.165) is 16.8 Å². The van der Waals surface area contributed by atoms with Crippen molar-refractivity contribution in [3.05, 3.63) is 59.7 Å². The average Bonchev–Trinajstić information content (AvgIpc) is 2.89. The minimum absolute atomic E-state index is 0.0286. The number of nitrogens with one attached hydrogen (secondary N) is 1. The van der Waals surface area contributed by atoms with Gasteiger partial charge in [-0.25, -0.2) is 13.1 Å². The van der Waals surface area contributed by atoms with Crippen LogP contribution in [0.15, 0.2) is 53.4 Å². The highest BCUT2D eigenvalue weighted by Gasteiger charge is 2.30. The number of hydrogen-bond acceptors (Lipinski definition) is 3. The fourth-order valence-corrected chi connectivity index (χ4v) is 4.18. The quantitative estimate of drug-likeness (QED) is 0.926. The van der Waals surface area contributed by atoms with E-state index in [-0.39, 0.29) is 23.4 Å². The molecule has 0 radical (unpaired) electrons. The fraction of sp³-hybridized carbons (Fsp3) is 0.278. The van der Waals surface area contributed by atoms with Crippen molar-refractivity contribution in [1.82, 2.24) is 4.72 Å². The zero-order valence-corrected chi connectivity index (χ0v) is 14.5. The lowest BCUT2D eigenvalue weighted by molar-refractivity contribution is -0.116. The van der Waals surface area contributed by atoms with Gasteiger partial charge in [0.15, 0.2) is 0 Å². The Morgan fingerprint density at radius 3 is 2.58 bits per heavy atom. The second-order valence-corrected chi connectivity index (χ2v) is 7.81. The molecule has 3 rings (SSSR count). The summed E-state index contributed by atoms with van der Waals surface area (Å²) in [5.74, 6) is -0.0286. The first-order valence-electron chi connectivity index (χ1n) is 7.85. The van der Waals surface area contributed by atoms with Crippen LogP contribution in [0, 0.1) is 0 Å². The second-order valence-electron chi connectivity index (χ2n) is 6.04. The van der Waals surface area contributed by atoms with Crippen molar-refractivity contribution < 1.29 is 13.2 Å². The topological polar surface area (TPSA) is 66.5 Å². The summed E-state index contributed by atoms with van der Waals surface area (Å²) in [6.45, 7) is 3.73. The number of anilines is 1. The minimum Gasteiger partial charge on any atom is -0.309 e. The van der Waals surface area contributed by atoms with Crippen LogP contribution in [-0.4, -0.2) is 20.4 Å². The van der Waals surface area contributed by atoms with Crippen molar-refractivity contribution >= 4 is 21.6 Å². The van der Waals surface area contributed by atoms with Crippen LogP contribution < -0.4 is 9.62 Å². The van der Waals surface area contributed by atoms with E-state index in [0.29, 0.717) is 6.42 Å². The lowest BCUT2D eigenvalue weighted by Crippen LogP contribution is -2.33. The summed E-state index contributed by atoms with van der Waals surface area (Å²) in [6, 6.07) is 14.4.